The first-order valence-electron chi connectivity index (χ1n) is 5.96. The molecule has 0 bridgehead atoms. The van der Waals surface area contributed by atoms with Gasteiger partial charge in [0.05, 0.1) is 0 Å². The van der Waals surface area contributed by atoms with Gasteiger partial charge in [-0.2, -0.15) is 5.48 Å². The number of rotatable bonds is 4. The summed E-state index contributed by atoms with van der Waals surface area (Å²) >= 11 is 0. The Balaban J connectivity index is 2.15. The molecule has 0 aromatic heterocycles. The molecular weight excluding hydrogens is 258 g/mol. The SMILES string of the molecule is CC(=O)NOc1ccccc1C(=O)Oc1ccccc1. The smallest absolute Gasteiger partial charge is 0.347 e. The molecule has 2 rings (SSSR count). The normalized spacial score (nSPS) is 9.65. The fourth-order valence-electron chi connectivity index (χ4n) is 1.50. The number of hydroxylamine groups is 1. The lowest BCUT2D eigenvalue weighted by Gasteiger charge is -2.10. The third kappa shape index (κ3) is 3.58. The van der Waals surface area contributed by atoms with E-state index in [9.17, 15) is 9.59 Å². The molecule has 0 atom stereocenters. The van der Waals surface area contributed by atoms with Crippen LogP contribution in [0.5, 0.6) is 11.5 Å². The summed E-state index contributed by atoms with van der Waals surface area (Å²) in [5.74, 6) is -0.260. The van der Waals surface area contributed by atoms with Gasteiger partial charge in [-0.05, 0) is 24.3 Å². The van der Waals surface area contributed by atoms with E-state index in [-0.39, 0.29) is 17.2 Å². The van der Waals surface area contributed by atoms with Gasteiger partial charge in [0.1, 0.15) is 11.3 Å². The van der Waals surface area contributed by atoms with E-state index < -0.39 is 5.97 Å². The summed E-state index contributed by atoms with van der Waals surface area (Å²) in [4.78, 5) is 28.0. The number of nitrogens with one attached hydrogen (secondary N) is 1. The Morgan fingerprint density at radius 1 is 0.950 bits per heavy atom. The van der Waals surface area contributed by atoms with Crippen molar-refractivity contribution in [1.29, 1.82) is 0 Å². The molecule has 1 amide bonds. The largest absolute Gasteiger partial charge is 0.423 e. The van der Waals surface area contributed by atoms with Crippen LogP contribution in [0.4, 0.5) is 0 Å². The van der Waals surface area contributed by atoms with E-state index in [1.807, 2.05) is 6.07 Å². The highest BCUT2D eigenvalue weighted by Gasteiger charge is 2.15. The highest BCUT2D eigenvalue weighted by atomic mass is 16.7. The number of carbonyl (C=O) groups is 2. The molecule has 2 aromatic rings. The van der Waals surface area contributed by atoms with E-state index in [1.54, 1.807) is 48.5 Å². The monoisotopic (exact) mass is 271 g/mol. The van der Waals surface area contributed by atoms with Crippen LogP contribution in [0, 0.1) is 0 Å². The van der Waals surface area contributed by atoms with Crippen molar-refractivity contribution in [3.63, 3.8) is 0 Å². The summed E-state index contributed by atoms with van der Waals surface area (Å²) in [6, 6.07) is 15.2. The lowest BCUT2D eigenvalue weighted by molar-refractivity contribution is -0.125. The Hall–Kier alpha value is -2.82. The lowest BCUT2D eigenvalue weighted by Crippen LogP contribution is -2.25. The van der Waals surface area contributed by atoms with E-state index in [4.69, 9.17) is 9.57 Å². The molecule has 0 radical (unpaired) electrons. The molecule has 0 aliphatic heterocycles. The van der Waals surface area contributed by atoms with Gasteiger partial charge in [-0.3, -0.25) is 4.79 Å². The third-order valence-corrected chi connectivity index (χ3v) is 2.37. The molecule has 0 heterocycles. The van der Waals surface area contributed by atoms with Gasteiger partial charge in [0.15, 0.2) is 5.75 Å². The van der Waals surface area contributed by atoms with Gasteiger partial charge >= 0.3 is 5.97 Å². The van der Waals surface area contributed by atoms with Crippen molar-refractivity contribution in [3.05, 3.63) is 60.2 Å². The van der Waals surface area contributed by atoms with Gasteiger partial charge in [0.25, 0.3) is 0 Å². The van der Waals surface area contributed by atoms with E-state index in [1.165, 1.54) is 6.92 Å². The van der Waals surface area contributed by atoms with Crippen molar-refractivity contribution in [2.45, 2.75) is 6.92 Å². The molecule has 0 spiro atoms. The molecule has 5 heteroatoms. The first kappa shape index (κ1) is 13.6. The average molecular weight is 271 g/mol. The summed E-state index contributed by atoms with van der Waals surface area (Å²) < 4.78 is 5.22. The second kappa shape index (κ2) is 6.38. The van der Waals surface area contributed by atoms with E-state index in [2.05, 4.69) is 5.48 Å². The third-order valence-electron chi connectivity index (χ3n) is 2.37. The van der Waals surface area contributed by atoms with Crippen LogP contribution in [-0.2, 0) is 4.79 Å². The summed E-state index contributed by atoms with van der Waals surface area (Å²) in [7, 11) is 0. The molecule has 0 saturated heterocycles. The number of ether oxygens (including phenoxy) is 1. The van der Waals surface area contributed by atoms with Crippen LogP contribution in [0.1, 0.15) is 17.3 Å². The van der Waals surface area contributed by atoms with Crippen LogP contribution in [-0.4, -0.2) is 11.9 Å². The van der Waals surface area contributed by atoms with Crippen LogP contribution >= 0.6 is 0 Å². The topological polar surface area (TPSA) is 64.6 Å². The number of hydrogen-bond donors (Lipinski definition) is 1. The second-order valence-corrected chi connectivity index (χ2v) is 3.96. The van der Waals surface area contributed by atoms with Gasteiger partial charge in [0, 0.05) is 6.92 Å². The van der Waals surface area contributed by atoms with Gasteiger partial charge in [0.2, 0.25) is 5.91 Å². The standard InChI is InChI=1S/C15H13NO4/c1-11(17)16-20-14-10-6-5-9-13(14)15(18)19-12-7-3-2-4-8-12/h2-10H,1H3,(H,16,17). The van der Waals surface area contributed by atoms with Gasteiger partial charge in [-0.1, -0.05) is 30.3 Å². The van der Waals surface area contributed by atoms with E-state index in [0.717, 1.165) is 0 Å². The zero-order valence-electron chi connectivity index (χ0n) is 10.8. The van der Waals surface area contributed by atoms with Gasteiger partial charge < -0.3 is 9.57 Å². The molecule has 0 aliphatic rings. The maximum atomic E-state index is 12.1. The lowest BCUT2D eigenvalue weighted by atomic mass is 10.2. The van der Waals surface area contributed by atoms with Crippen LogP contribution in [0.3, 0.4) is 0 Å². The minimum atomic E-state index is -0.558. The average Bonchev–Trinajstić information content (AvgIpc) is 2.46. The van der Waals surface area contributed by atoms with Crippen LogP contribution < -0.4 is 15.1 Å². The predicted molar refractivity (Wildman–Crippen MR) is 72.3 cm³/mol. The van der Waals surface area contributed by atoms with Crippen LogP contribution in [0.25, 0.3) is 0 Å². The summed E-state index contributed by atoms with van der Waals surface area (Å²) in [6.45, 7) is 1.31. The maximum absolute atomic E-state index is 12.1. The first-order chi connectivity index (χ1) is 9.66. The molecule has 5 nitrogen and oxygen atoms in total. The number of amides is 1. The molecule has 102 valence electrons. The first-order valence-corrected chi connectivity index (χ1v) is 5.96. The van der Waals surface area contributed by atoms with E-state index >= 15 is 0 Å². The van der Waals surface area contributed by atoms with Crippen molar-refractivity contribution in [1.82, 2.24) is 5.48 Å². The van der Waals surface area contributed by atoms with Crippen molar-refractivity contribution in [2.75, 3.05) is 0 Å². The predicted octanol–water partition coefficient (Wildman–Crippen LogP) is 2.34. The zero-order valence-corrected chi connectivity index (χ0v) is 10.8. The number of para-hydroxylation sites is 2. The fourth-order valence-corrected chi connectivity index (χ4v) is 1.50. The Kier molecular flexibility index (Phi) is 4.34. The van der Waals surface area contributed by atoms with Crippen molar-refractivity contribution < 1.29 is 19.2 Å². The Bertz CT molecular complexity index is 610. The highest BCUT2D eigenvalue weighted by Crippen LogP contribution is 2.20. The Morgan fingerprint density at radius 3 is 2.30 bits per heavy atom. The Labute approximate surface area is 116 Å². The van der Waals surface area contributed by atoms with Gasteiger partial charge in [-0.15, -0.1) is 0 Å². The summed E-state index contributed by atoms with van der Waals surface area (Å²) in [5, 5.41) is 0. The van der Waals surface area contributed by atoms with Gasteiger partial charge in [-0.25, -0.2) is 4.79 Å². The molecule has 2 aromatic carbocycles. The zero-order chi connectivity index (χ0) is 14.4. The fraction of sp³-hybridized carbons (Fsp3) is 0.0667. The quantitative estimate of drug-likeness (QED) is 0.526. The van der Waals surface area contributed by atoms with Crippen LogP contribution in [0.15, 0.2) is 54.6 Å². The minimum Gasteiger partial charge on any atom is -0.423 e. The molecule has 0 unspecified atom stereocenters. The molecule has 20 heavy (non-hydrogen) atoms. The number of esters is 1. The summed E-state index contributed by atoms with van der Waals surface area (Å²) in [6.07, 6.45) is 0. The minimum absolute atomic E-state index is 0.226. The van der Waals surface area contributed by atoms with Crippen molar-refractivity contribution >= 4 is 11.9 Å². The second-order valence-electron chi connectivity index (χ2n) is 3.96. The summed E-state index contributed by atoms with van der Waals surface area (Å²) in [5.41, 5.74) is 2.40. The maximum Gasteiger partial charge on any atom is 0.347 e. The number of benzene rings is 2. The molecule has 0 fully saturated rings. The molecule has 1 N–H and O–H groups in total. The highest BCUT2D eigenvalue weighted by molar-refractivity contribution is 5.94. The molecular formula is C15H13NO4. The molecule has 0 aliphatic carbocycles. The van der Waals surface area contributed by atoms with Crippen molar-refractivity contribution in [2.24, 2.45) is 0 Å². The van der Waals surface area contributed by atoms with E-state index in [0.29, 0.717) is 5.75 Å². The Morgan fingerprint density at radius 2 is 1.60 bits per heavy atom. The van der Waals surface area contributed by atoms with Crippen LogP contribution in [0.2, 0.25) is 0 Å². The number of carbonyl (C=O) groups excluding carboxylic acids is 2. The van der Waals surface area contributed by atoms with Crippen molar-refractivity contribution in [3.8, 4) is 11.5 Å². The number of hydrogen-bond acceptors (Lipinski definition) is 4. The molecule has 0 saturated carbocycles.